The van der Waals surface area contributed by atoms with Gasteiger partial charge < -0.3 is 4.74 Å². The SMILES string of the molecule is CCOC(=O)c1sc(NC(=O)c2c(F)cccc2Cl)nc1C. The van der Waals surface area contributed by atoms with E-state index in [1.54, 1.807) is 13.8 Å². The Bertz CT molecular complexity index is 713. The molecule has 1 aromatic heterocycles. The first-order chi connectivity index (χ1) is 10.4. The summed E-state index contributed by atoms with van der Waals surface area (Å²) >= 11 is 6.79. The van der Waals surface area contributed by atoms with Crippen LogP contribution in [0, 0.1) is 12.7 Å². The summed E-state index contributed by atoms with van der Waals surface area (Å²) < 4.78 is 18.6. The number of rotatable bonds is 4. The van der Waals surface area contributed by atoms with Gasteiger partial charge in [0.15, 0.2) is 5.13 Å². The van der Waals surface area contributed by atoms with E-state index in [4.69, 9.17) is 16.3 Å². The standard InChI is InChI=1S/C14H12ClFN2O3S/c1-3-21-13(20)11-7(2)17-14(22-11)18-12(19)10-8(15)5-4-6-9(10)16/h4-6H,3H2,1-2H3,(H,17,18,19). The maximum atomic E-state index is 13.7. The summed E-state index contributed by atoms with van der Waals surface area (Å²) in [5.41, 5.74) is 0.160. The van der Waals surface area contributed by atoms with Crippen LogP contribution in [-0.4, -0.2) is 23.5 Å². The zero-order valence-electron chi connectivity index (χ0n) is 11.8. The second-order valence-electron chi connectivity index (χ2n) is 4.20. The van der Waals surface area contributed by atoms with Gasteiger partial charge in [-0.3, -0.25) is 10.1 Å². The van der Waals surface area contributed by atoms with Crippen molar-refractivity contribution in [1.82, 2.24) is 4.98 Å². The topological polar surface area (TPSA) is 68.3 Å². The smallest absolute Gasteiger partial charge is 0.350 e. The molecule has 1 N–H and O–H groups in total. The summed E-state index contributed by atoms with van der Waals surface area (Å²) in [5.74, 6) is -1.97. The molecule has 0 radical (unpaired) electrons. The lowest BCUT2D eigenvalue weighted by molar-refractivity contribution is 0.0531. The van der Waals surface area contributed by atoms with Gasteiger partial charge in [0, 0.05) is 0 Å². The van der Waals surface area contributed by atoms with E-state index >= 15 is 0 Å². The number of esters is 1. The van der Waals surface area contributed by atoms with Crippen LogP contribution < -0.4 is 5.32 Å². The minimum atomic E-state index is -0.733. The maximum absolute atomic E-state index is 13.7. The highest BCUT2D eigenvalue weighted by atomic mass is 35.5. The largest absolute Gasteiger partial charge is 0.462 e. The molecule has 8 heteroatoms. The molecule has 0 saturated carbocycles. The van der Waals surface area contributed by atoms with Gasteiger partial charge in [0.1, 0.15) is 10.7 Å². The second kappa shape index (κ2) is 6.85. The van der Waals surface area contributed by atoms with Gasteiger partial charge in [-0.15, -0.1) is 0 Å². The van der Waals surface area contributed by atoms with Crippen LogP contribution in [0.5, 0.6) is 0 Å². The molecule has 1 heterocycles. The van der Waals surface area contributed by atoms with Crippen LogP contribution in [0.1, 0.15) is 32.6 Å². The van der Waals surface area contributed by atoms with Crippen molar-refractivity contribution in [2.45, 2.75) is 13.8 Å². The average Bonchev–Trinajstić information content (AvgIpc) is 2.79. The minimum absolute atomic E-state index is 0.00334. The normalized spacial score (nSPS) is 10.4. The Morgan fingerprint density at radius 2 is 2.18 bits per heavy atom. The van der Waals surface area contributed by atoms with Crippen molar-refractivity contribution >= 4 is 39.9 Å². The summed E-state index contributed by atoms with van der Waals surface area (Å²) in [6.07, 6.45) is 0. The van der Waals surface area contributed by atoms with Crippen molar-refractivity contribution < 1.29 is 18.7 Å². The van der Waals surface area contributed by atoms with Gasteiger partial charge >= 0.3 is 5.97 Å². The minimum Gasteiger partial charge on any atom is -0.462 e. The quantitative estimate of drug-likeness (QED) is 0.861. The first kappa shape index (κ1) is 16.4. The summed E-state index contributed by atoms with van der Waals surface area (Å²) in [7, 11) is 0. The number of amides is 1. The van der Waals surface area contributed by atoms with Gasteiger partial charge in [0.05, 0.1) is 22.9 Å². The van der Waals surface area contributed by atoms with Gasteiger partial charge in [-0.25, -0.2) is 14.2 Å². The monoisotopic (exact) mass is 342 g/mol. The number of halogens is 2. The number of aryl methyl sites for hydroxylation is 1. The van der Waals surface area contributed by atoms with E-state index in [2.05, 4.69) is 10.3 Å². The van der Waals surface area contributed by atoms with Crippen LogP contribution in [0.2, 0.25) is 5.02 Å². The number of benzene rings is 1. The zero-order valence-corrected chi connectivity index (χ0v) is 13.3. The van der Waals surface area contributed by atoms with E-state index in [1.807, 2.05) is 0 Å². The molecule has 0 atom stereocenters. The molecule has 0 saturated heterocycles. The summed E-state index contributed by atoms with van der Waals surface area (Å²) in [5, 5.41) is 2.60. The first-order valence-corrected chi connectivity index (χ1v) is 7.53. The molecule has 0 bridgehead atoms. The maximum Gasteiger partial charge on any atom is 0.350 e. The Hall–Kier alpha value is -1.99. The van der Waals surface area contributed by atoms with Crippen molar-refractivity contribution in [3.05, 3.63) is 45.2 Å². The molecule has 5 nitrogen and oxygen atoms in total. The van der Waals surface area contributed by atoms with E-state index in [9.17, 15) is 14.0 Å². The van der Waals surface area contributed by atoms with Crippen molar-refractivity contribution in [1.29, 1.82) is 0 Å². The highest BCUT2D eigenvalue weighted by molar-refractivity contribution is 7.17. The van der Waals surface area contributed by atoms with E-state index in [0.29, 0.717) is 5.69 Å². The molecule has 0 aliphatic rings. The Morgan fingerprint density at radius 3 is 2.82 bits per heavy atom. The van der Waals surface area contributed by atoms with Crippen molar-refractivity contribution in [3.8, 4) is 0 Å². The van der Waals surface area contributed by atoms with Crippen LogP contribution in [0.25, 0.3) is 0 Å². The third-order valence-electron chi connectivity index (χ3n) is 2.67. The Balaban J connectivity index is 2.23. The van der Waals surface area contributed by atoms with Crippen molar-refractivity contribution in [2.75, 3.05) is 11.9 Å². The Labute approximate surface area is 135 Å². The molecule has 1 amide bonds. The number of thiazole rings is 1. The molecule has 2 rings (SSSR count). The fourth-order valence-electron chi connectivity index (χ4n) is 1.71. The molecule has 0 unspecified atom stereocenters. The van der Waals surface area contributed by atoms with E-state index in [-0.39, 0.29) is 27.2 Å². The van der Waals surface area contributed by atoms with E-state index < -0.39 is 17.7 Å². The van der Waals surface area contributed by atoms with Gasteiger partial charge in [-0.05, 0) is 26.0 Å². The molecule has 1 aromatic carbocycles. The summed E-state index contributed by atoms with van der Waals surface area (Å²) in [6.45, 7) is 3.55. The summed E-state index contributed by atoms with van der Waals surface area (Å²) in [6, 6.07) is 3.95. The van der Waals surface area contributed by atoms with Crippen molar-refractivity contribution in [3.63, 3.8) is 0 Å². The predicted molar refractivity (Wildman–Crippen MR) is 82.2 cm³/mol. The predicted octanol–water partition coefficient (Wildman–Crippen LogP) is 3.67. The first-order valence-electron chi connectivity index (χ1n) is 6.34. The molecular formula is C14H12ClFN2O3S. The molecule has 2 aromatic rings. The lowest BCUT2D eigenvalue weighted by Gasteiger charge is -2.04. The number of nitrogens with zero attached hydrogens (tertiary/aromatic N) is 1. The third kappa shape index (κ3) is 3.42. The van der Waals surface area contributed by atoms with Crippen LogP contribution in [-0.2, 0) is 4.74 Å². The number of carbonyl (C=O) groups excluding carboxylic acids is 2. The van der Waals surface area contributed by atoms with Crippen LogP contribution in [0.15, 0.2) is 18.2 Å². The molecule has 0 aliphatic carbocycles. The molecular weight excluding hydrogens is 331 g/mol. The van der Waals surface area contributed by atoms with E-state index in [0.717, 1.165) is 17.4 Å². The van der Waals surface area contributed by atoms with Gasteiger partial charge in [-0.1, -0.05) is 29.0 Å². The lowest BCUT2D eigenvalue weighted by Crippen LogP contribution is -2.14. The highest BCUT2D eigenvalue weighted by Gasteiger charge is 2.20. The number of hydrogen-bond donors (Lipinski definition) is 1. The lowest BCUT2D eigenvalue weighted by atomic mass is 10.2. The number of hydrogen-bond acceptors (Lipinski definition) is 5. The van der Waals surface area contributed by atoms with Gasteiger partial charge in [0.2, 0.25) is 0 Å². The van der Waals surface area contributed by atoms with Crippen LogP contribution in [0.3, 0.4) is 0 Å². The van der Waals surface area contributed by atoms with Gasteiger partial charge in [0.25, 0.3) is 5.91 Å². The molecule has 0 spiro atoms. The third-order valence-corrected chi connectivity index (χ3v) is 4.04. The number of carbonyl (C=O) groups is 2. The fraction of sp³-hybridized carbons (Fsp3) is 0.214. The fourth-order valence-corrected chi connectivity index (χ4v) is 2.81. The molecule has 0 aliphatic heterocycles. The Kier molecular flexibility index (Phi) is 5.10. The molecule has 0 fully saturated rings. The number of anilines is 1. The number of aromatic nitrogens is 1. The van der Waals surface area contributed by atoms with Crippen LogP contribution >= 0.6 is 22.9 Å². The average molecular weight is 343 g/mol. The van der Waals surface area contributed by atoms with Gasteiger partial charge in [-0.2, -0.15) is 0 Å². The second-order valence-corrected chi connectivity index (χ2v) is 5.61. The van der Waals surface area contributed by atoms with Crippen LogP contribution in [0.4, 0.5) is 9.52 Å². The number of nitrogens with one attached hydrogen (secondary N) is 1. The molecule has 116 valence electrons. The summed E-state index contributed by atoms with van der Waals surface area (Å²) in [4.78, 5) is 28.1. The van der Waals surface area contributed by atoms with Crippen molar-refractivity contribution in [2.24, 2.45) is 0 Å². The highest BCUT2D eigenvalue weighted by Crippen LogP contribution is 2.25. The Morgan fingerprint density at radius 1 is 1.45 bits per heavy atom. The van der Waals surface area contributed by atoms with E-state index in [1.165, 1.54) is 12.1 Å². The zero-order chi connectivity index (χ0) is 16.3. The molecule has 22 heavy (non-hydrogen) atoms. The number of ether oxygens (including phenoxy) is 1.